The van der Waals surface area contributed by atoms with Gasteiger partial charge in [0.15, 0.2) is 5.17 Å². The van der Waals surface area contributed by atoms with E-state index in [2.05, 4.69) is 15.5 Å². The number of hydrogen-bond donors (Lipinski definition) is 1. The number of rotatable bonds is 5. The van der Waals surface area contributed by atoms with Gasteiger partial charge in [-0.2, -0.15) is 5.10 Å². The lowest BCUT2D eigenvalue weighted by Gasteiger charge is -2.09. The minimum Gasteiger partial charge on any atom is -0.488 e. The zero-order valence-electron chi connectivity index (χ0n) is 12.9. The lowest BCUT2D eigenvalue weighted by atomic mass is 10.2. The van der Waals surface area contributed by atoms with E-state index in [9.17, 15) is 13.6 Å². The van der Waals surface area contributed by atoms with Crippen molar-refractivity contribution in [2.24, 2.45) is 10.2 Å². The maximum absolute atomic E-state index is 13.5. The van der Waals surface area contributed by atoms with Crippen LogP contribution in [-0.4, -0.2) is 23.0 Å². The smallest absolute Gasteiger partial charge is 0.236 e. The first-order valence-electron chi connectivity index (χ1n) is 7.30. The van der Waals surface area contributed by atoms with Gasteiger partial charge in [0.1, 0.15) is 24.0 Å². The Balaban J connectivity index is 1.71. The maximum Gasteiger partial charge on any atom is 0.236 e. The SMILES string of the molecule is O=C1CSC(=NN=Cc2ccc(F)cc2OCc2ccc(F)cc2)N1. The van der Waals surface area contributed by atoms with Crippen LogP contribution in [0.5, 0.6) is 5.75 Å². The number of amides is 1. The van der Waals surface area contributed by atoms with E-state index in [4.69, 9.17) is 4.74 Å². The van der Waals surface area contributed by atoms with Crippen molar-refractivity contribution < 1.29 is 18.3 Å². The van der Waals surface area contributed by atoms with E-state index in [0.29, 0.717) is 16.5 Å². The summed E-state index contributed by atoms with van der Waals surface area (Å²) in [5.74, 6) is -0.299. The van der Waals surface area contributed by atoms with E-state index >= 15 is 0 Å². The van der Waals surface area contributed by atoms with Crippen molar-refractivity contribution >= 4 is 29.1 Å². The van der Waals surface area contributed by atoms with Gasteiger partial charge in [0, 0.05) is 11.6 Å². The average molecular weight is 361 g/mol. The number of ether oxygens (including phenoxy) is 1. The Morgan fingerprint density at radius 1 is 1.16 bits per heavy atom. The van der Waals surface area contributed by atoms with Crippen LogP contribution in [0.4, 0.5) is 8.78 Å². The highest BCUT2D eigenvalue weighted by atomic mass is 32.2. The van der Waals surface area contributed by atoms with Gasteiger partial charge in [-0.05, 0) is 29.8 Å². The fourth-order valence-electron chi connectivity index (χ4n) is 2.00. The molecule has 5 nitrogen and oxygen atoms in total. The number of hydrogen-bond acceptors (Lipinski definition) is 5. The first-order chi connectivity index (χ1) is 12.1. The molecule has 1 aliphatic heterocycles. The van der Waals surface area contributed by atoms with Crippen LogP contribution in [-0.2, 0) is 11.4 Å². The molecule has 25 heavy (non-hydrogen) atoms. The van der Waals surface area contributed by atoms with Crippen molar-refractivity contribution in [3.05, 3.63) is 65.2 Å². The van der Waals surface area contributed by atoms with Gasteiger partial charge in [0.05, 0.1) is 12.0 Å². The predicted molar refractivity (Wildman–Crippen MR) is 92.8 cm³/mol. The van der Waals surface area contributed by atoms with E-state index in [1.165, 1.54) is 48.3 Å². The molecule has 2 aromatic rings. The lowest BCUT2D eigenvalue weighted by molar-refractivity contribution is -0.116. The molecular formula is C17H13F2N3O2S. The second-order valence-corrected chi connectivity index (χ2v) is 6.05. The molecule has 1 saturated heterocycles. The summed E-state index contributed by atoms with van der Waals surface area (Å²) in [6.07, 6.45) is 1.41. The molecule has 2 aromatic carbocycles. The Morgan fingerprint density at radius 2 is 1.92 bits per heavy atom. The molecule has 1 heterocycles. The molecule has 0 aromatic heterocycles. The summed E-state index contributed by atoms with van der Waals surface area (Å²) in [6, 6.07) is 9.88. The Morgan fingerprint density at radius 3 is 2.64 bits per heavy atom. The summed E-state index contributed by atoms with van der Waals surface area (Å²) in [4.78, 5) is 11.1. The number of halogens is 2. The van der Waals surface area contributed by atoms with Gasteiger partial charge in [-0.15, -0.1) is 5.10 Å². The van der Waals surface area contributed by atoms with Crippen LogP contribution in [0.2, 0.25) is 0 Å². The molecule has 0 saturated carbocycles. The summed E-state index contributed by atoms with van der Waals surface area (Å²) in [6.45, 7) is 0.158. The van der Waals surface area contributed by atoms with E-state index < -0.39 is 5.82 Å². The lowest BCUT2D eigenvalue weighted by Crippen LogP contribution is -2.19. The van der Waals surface area contributed by atoms with E-state index in [1.807, 2.05) is 0 Å². The van der Waals surface area contributed by atoms with Crippen LogP contribution in [0.3, 0.4) is 0 Å². The molecule has 1 fully saturated rings. The van der Waals surface area contributed by atoms with Crippen LogP contribution in [0.15, 0.2) is 52.7 Å². The predicted octanol–water partition coefficient (Wildman–Crippen LogP) is 3.10. The van der Waals surface area contributed by atoms with Crippen molar-refractivity contribution in [1.82, 2.24) is 5.32 Å². The Bertz CT molecular complexity index is 838. The fourth-order valence-corrected chi connectivity index (χ4v) is 2.64. The number of carbonyl (C=O) groups excluding carboxylic acids is 1. The third kappa shape index (κ3) is 4.87. The molecule has 1 aliphatic rings. The number of nitrogens with one attached hydrogen (secondary N) is 1. The third-order valence-electron chi connectivity index (χ3n) is 3.21. The topological polar surface area (TPSA) is 63.0 Å². The number of nitrogens with zero attached hydrogens (tertiary/aromatic N) is 2. The molecule has 0 bridgehead atoms. The number of amidine groups is 1. The second-order valence-electron chi connectivity index (χ2n) is 5.08. The molecular weight excluding hydrogens is 348 g/mol. The number of benzene rings is 2. The molecule has 1 amide bonds. The van der Waals surface area contributed by atoms with Crippen molar-refractivity contribution in [1.29, 1.82) is 0 Å². The Hall–Kier alpha value is -2.74. The van der Waals surface area contributed by atoms with Gasteiger partial charge >= 0.3 is 0 Å². The van der Waals surface area contributed by atoms with Crippen molar-refractivity contribution in [2.75, 3.05) is 5.75 Å². The van der Waals surface area contributed by atoms with Gasteiger partial charge in [-0.25, -0.2) is 8.78 Å². The highest BCUT2D eigenvalue weighted by Crippen LogP contribution is 2.20. The van der Waals surface area contributed by atoms with Crippen molar-refractivity contribution in [3.8, 4) is 5.75 Å². The first kappa shape index (κ1) is 17.1. The largest absolute Gasteiger partial charge is 0.488 e. The minimum absolute atomic E-state index is 0.121. The molecule has 128 valence electrons. The molecule has 8 heteroatoms. The maximum atomic E-state index is 13.5. The molecule has 0 atom stereocenters. The summed E-state index contributed by atoms with van der Waals surface area (Å²) in [7, 11) is 0. The minimum atomic E-state index is -0.448. The summed E-state index contributed by atoms with van der Waals surface area (Å²) < 4.78 is 32.0. The summed E-state index contributed by atoms with van der Waals surface area (Å²) >= 11 is 1.25. The zero-order chi connectivity index (χ0) is 17.6. The molecule has 1 N–H and O–H groups in total. The average Bonchev–Trinajstić information content (AvgIpc) is 3.01. The molecule has 0 spiro atoms. The Kier molecular flexibility index (Phi) is 5.39. The van der Waals surface area contributed by atoms with Crippen LogP contribution in [0.1, 0.15) is 11.1 Å². The van der Waals surface area contributed by atoms with E-state index in [0.717, 1.165) is 5.56 Å². The summed E-state index contributed by atoms with van der Waals surface area (Å²) in [5, 5.41) is 10.7. The monoisotopic (exact) mass is 361 g/mol. The van der Waals surface area contributed by atoms with Gasteiger partial charge in [0.25, 0.3) is 0 Å². The molecule has 0 aliphatic carbocycles. The molecule has 3 rings (SSSR count). The third-order valence-corrected chi connectivity index (χ3v) is 4.08. The second kappa shape index (κ2) is 7.89. The first-order valence-corrected chi connectivity index (χ1v) is 8.29. The molecule has 0 unspecified atom stereocenters. The van der Waals surface area contributed by atoms with Gasteiger partial charge in [-0.1, -0.05) is 23.9 Å². The van der Waals surface area contributed by atoms with Crippen LogP contribution < -0.4 is 10.1 Å². The standard InChI is InChI=1S/C17H13F2N3O2S/c18-13-4-1-11(2-5-13)9-24-15-7-14(19)6-3-12(15)8-20-22-17-21-16(23)10-25-17/h1-8H,9-10H2,(H,21,22,23). The van der Waals surface area contributed by atoms with E-state index in [-0.39, 0.29) is 24.1 Å². The molecule has 0 radical (unpaired) electrons. The zero-order valence-corrected chi connectivity index (χ0v) is 13.7. The number of carbonyl (C=O) groups is 1. The number of thioether (sulfide) groups is 1. The fraction of sp³-hybridized carbons (Fsp3) is 0.118. The highest BCUT2D eigenvalue weighted by molar-refractivity contribution is 8.15. The van der Waals surface area contributed by atoms with Crippen molar-refractivity contribution in [3.63, 3.8) is 0 Å². The van der Waals surface area contributed by atoms with Crippen LogP contribution in [0.25, 0.3) is 0 Å². The van der Waals surface area contributed by atoms with E-state index in [1.54, 1.807) is 12.1 Å². The van der Waals surface area contributed by atoms with Gasteiger partial charge in [0.2, 0.25) is 5.91 Å². The summed E-state index contributed by atoms with van der Waals surface area (Å²) in [5.41, 5.74) is 1.28. The van der Waals surface area contributed by atoms with Crippen molar-refractivity contribution in [2.45, 2.75) is 6.61 Å². The van der Waals surface area contributed by atoms with Gasteiger partial charge < -0.3 is 10.1 Å². The Labute approximate surface area is 146 Å². The normalized spacial score (nSPS) is 15.8. The van der Waals surface area contributed by atoms with Crippen LogP contribution in [0, 0.1) is 11.6 Å². The highest BCUT2D eigenvalue weighted by Gasteiger charge is 2.16. The van der Waals surface area contributed by atoms with Gasteiger partial charge in [-0.3, -0.25) is 4.79 Å². The quantitative estimate of drug-likeness (QED) is 0.658. The van der Waals surface area contributed by atoms with Crippen LogP contribution >= 0.6 is 11.8 Å².